The first-order chi connectivity index (χ1) is 7.07. The number of para-hydroxylation sites is 1. The molecule has 0 aliphatic carbocycles. The van der Waals surface area contributed by atoms with Gasteiger partial charge in [-0.2, -0.15) is 0 Å². The van der Waals surface area contributed by atoms with Gasteiger partial charge in [0.15, 0.2) is 0 Å². The van der Waals surface area contributed by atoms with Crippen molar-refractivity contribution >= 4 is 5.69 Å². The lowest BCUT2D eigenvalue weighted by Crippen LogP contribution is -2.19. The van der Waals surface area contributed by atoms with E-state index in [1.165, 1.54) is 18.2 Å². The van der Waals surface area contributed by atoms with E-state index in [0.29, 0.717) is 0 Å². The third-order valence-corrected chi connectivity index (χ3v) is 1.72. The molecule has 2 N–H and O–H groups in total. The van der Waals surface area contributed by atoms with Crippen LogP contribution in [-0.4, -0.2) is 9.85 Å². The van der Waals surface area contributed by atoms with Crippen LogP contribution >= 0.6 is 0 Å². The van der Waals surface area contributed by atoms with Crippen LogP contribution in [0.15, 0.2) is 24.3 Å². The molecular formula is C7H7N3O5. The quantitative estimate of drug-likeness (QED) is 0.447. The normalized spacial score (nSPS) is 12.1. The minimum Gasteiger partial charge on any atom is -0.261 e. The second kappa shape index (κ2) is 4.44. The topological polar surface area (TPSA) is 122 Å². The first-order valence-corrected chi connectivity index (χ1v) is 3.80. The number of nitro groups is 2. The fourth-order valence-corrected chi connectivity index (χ4v) is 1.10. The molecule has 1 aromatic rings. The maximum Gasteiger partial charge on any atom is 0.363 e. The molecule has 0 amide bonds. The van der Waals surface area contributed by atoms with Crippen LogP contribution in [0.5, 0.6) is 0 Å². The molecule has 0 aromatic heterocycles. The zero-order valence-corrected chi connectivity index (χ0v) is 7.40. The number of benzene rings is 1. The summed E-state index contributed by atoms with van der Waals surface area (Å²) < 4.78 is 0. The molecule has 8 nitrogen and oxygen atoms in total. The Hall–Kier alpha value is -2.06. The van der Waals surface area contributed by atoms with E-state index in [2.05, 4.69) is 4.84 Å². The molecular weight excluding hydrogens is 206 g/mol. The molecule has 80 valence electrons. The van der Waals surface area contributed by atoms with E-state index in [9.17, 15) is 20.2 Å². The van der Waals surface area contributed by atoms with Crippen LogP contribution in [0.25, 0.3) is 0 Å². The lowest BCUT2D eigenvalue weighted by atomic mass is 10.1. The van der Waals surface area contributed by atoms with Crippen LogP contribution in [0, 0.1) is 20.2 Å². The van der Waals surface area contributed by atoms with Crippen molar-refractivity contribution in [3.8, 4) is 0 Å². The van der Waals surface area contributed by atoms with Crippen LogP contribution in [0.4, 0.5) is 5.69 Å². The average Bonchev–Trinajstić information content (AvgIpc) is 2.18. The molecule has 8 heteroatoms. The van der Waals surface area contributed by atoms with Crippen molar-refractivity contribution in [2.45, 2.75) is 6.23 Å². The van der Waals surface area contributed by atoms with Gasteiger partial charge in [-0.05, 0) is 6.07 Å². The molecule has 15 heavy (non-hydrogen) atoms. The van der Waals surface area contributed by atoms with E-state index in [0.717, 1.165) is 6.07 Å². The van der Waals surface area contributed by atoms with Gasteiger partial charge < -0.3 is 0 Å². The molecule has 0 aliphatic rings. The highest BCUT2D eigenvalue weighted by molar-refractivity contribution is 5.40. The van der Waals surface area contributed by atoms with Crippen molar-refractivity contribution in [2.75, 3.05) is 0 Å². The Kier molecular flexibility index (Phi) is 3.26. The van der Waals surface area contributed by atoms with E-state index in [4.69, 9.17) is 5.90 Å². The first-order valence-electron chi connectivity index (χ1n) is 3.80. The van der Waals surface area contributed by atoms with Gasteiger partial charge in [0.1, 0.15) is 5.56 Å². The summed E-state index contributed by atoms with van der Waals surface area (Å²) in [6, 6.07) is 5.19. The fraction of sp³-hybridized carbons (Fsp3) is 0.143. The molecule has 0 fully saturated rings. The monoisotopic (exact) mass is 213 g/mol. The molecule has 1 rings (SSSR count). The highest BCUT2D eigenvalue weighted by atomic mass is 16.7. The fourth-order valence-electron chi connectivity index (χ4n) is 1.10. The maximum atomic E-state index is 10.6. The molecule has 1 atom stereocenters. The largest absolute Gasteiger partial charge is 0.363 e. The minimum atomic E-state index is -1.73. The predicted molar refractivity (Wildman–Crippen MR) is 48.1 cm³/mol. The Morgan fingerprint density at radius 3 is 2.33 bits per heavy atom. The molecule has 0 spiro atoms. The van der Waals surface area contributed by atoms with E-state index in [1.54, 1.807) is 0 Å². The van der Waals surface area contributed by atoms with E-state index in [1.807, 2.05) is 0 Å². The summed E-state index contributed by atoms with van der Waals surface area (Å²) in [7, 11) is 0. The molecule has 0 radical (unpaired) electrons. The molecule has 0 bridgehead atoms. The number of nitrogens with zero attached hydrogens (tertiary/aromatic N) is 2. The van der Waals surface area contributed by atoms with Gasteiger partial charge in [-0.15, -0.1) is 0 Å². The number of rotatable bonds is 4. The highest BCUT2D eigenvalue weighted by Crippen LogP contribution is 2.26. The summed E-state index contributed by atoms with van der Waals surface area (Å²) in [6.07, 6.45) is -1.73. The zero-order chi connectivity index (χ0) is 11.4. The Morgan fingerprint density at radius 2 is 1.87 bits per heavy atom. The first kappa shape index (κ1) is 11.0. The van der Waals surface area contributed by atoms with Gasteiger partial charge in [0.05, 0.1) is 9.85 Å². The van der Waals surface area contributed by atoms with Crippen LogP contribution in [0.3, 0.4) is 0 Å². The van der Waals surface area contributed by atoms with Gasteiger partial charge in [-0.25, -0.2) is 10.7 Å². The van der Waals surface area contributed by atoms with Crippen LogP contribution in [-0.2, 0) is 4.84 Å². The Morgan fingerprint density at radius 1 is 1.27 bits per heavy atom. The molecule has 1 aromatic carbocycles. The average molecular weight is 213 g/mol. The van der Waals surface area contributed by atoms with Crippen molar-refractivity contribution in [3.05, 3.63) is 50.1 Å². The van der Waals surface area contributed by atoms with Crippen molar-refractivity contribution in [1.82, 2.24) is 0 Å². The van der Waals surface area contributed by atoms with Gasteiger partial charge in [0, 0.05) is 6.07 Å². The van der Waals surface area contributed by atoms with Crippen molar-refractivity contribution in [1.29, 1.82) is 0 Å². The summed E-state index contributed by atoms with van der Waals surface area (Å²) in [4.78, 5) is 23.5. The Labute approximate surface area is 83.5 Å². The summed E-state index contributed by atoms with van der Waals surface area (Å²) in [6.45, 7) is 0. The van der Waals surface area contributed by atoms with Gasteiger partial charge >= 0.3 is 6.23 Å². The molecule has 0 saturated carbocycles. The van der Waals surface area contributed by atoms with Gasteiger partial charge in [-0.3, -0.25) is 20.2 Å². The van der Waals surface area contributed by atoms with Gasteiger partial charge in [0.2, 0.25) is 0 Å². The van der Waals surface area contributed by atoms with E-state index in [-0.39, 0.29) is 5.56 Å². The van der Waals surface area contributed by atoms with Gasteiger partial charge in [-0.1, -0.05) is 12.1 Å². The Bertz CT molecular complexity index is 394. The Balaban J connectivity index is 3.22. The number of hydrogen-bond acceptors (Lipinski definition) is 6. The third kappa shape index (κ3) is 2.24. The standard InChI is InChI=1S/C7H7N3O5/c8-15-7(10(13)14)5-3-1-2-4-6(5)9(11)12/h1-4,7H,8H2. The van der Waals surface area contributed by atoms with E-state index < -0.39 is 21.8 Å². The predicted octanol–water partition coefficient (Wildman–Crippen LogP) is 0.760. The molecule has 0 saturated heterocycles. The number of hydrogen-bond donors (Lipinski definition) is 1. The maximum absolute atomic E-state index is 10.6. The number of nitrogens with two attached hydrogens (primary N) is 1. The molecule has 1 unspecified atom stereocenters. The van der Waals surface area contributed by atoms with Gasteiger partial charge in [0.25, 0.3) is 5.69 Å². The molecule has 0 aliphatic heterocycles. The lowest BCUT2D eigenvalue weighted by molar-refractivity contribution is -0.586. The highest BCUT2D eigenvalue weighted by Gasteiger charge is 2.30. The smallest absolute Gasteiger partial charge is 0.261 e. The summed E-state index contributed by atoms with van der Waals surface area (Å²) in [5.74, 6) is 4.71. The second-order valence-electron chi connectivity index (χ2n) is 2.59. The van der Waals surface area contributed by atoms with Crippen LogP contribution in [0.1, 0.15) is 11.8 Å². The second-order valence-corrected chi connectivity index (χ2v) is 2.59. The lowest BCUT2D eigenvalue weighted by Gasteiger charge is -2.06. The van der Waals surface area contributed by atoms with Crippen molar-refractivity contribution in [3.63, 3.8) is 0 Å². The van der Waals surface area contributed by atoms with Crippen LogP contribution in [0.2, 0.25) is 0 Å². The summed E-state index contributed by atoms with van der Waals surface area (Å²) in [5.41, 5.74) is -0.584. The molecule has 0 heterocycles. The van der Waals surface area contributed by atoms with Crippen molar-refractivity contribution in [2.24, 2.45) is 5.90 Å². The summed E-state index contributed by atoms with van der Waals surface area (Å²) >= 11 is 0. The van der Waals surface area contributed by atoms with Crippen molar-refractivity contribution < 1.29 is 14.7 Å². The third-order valence-electron chi connectivity index (χ3n) is 1.72. The minimum absolute atomic E-state index is 0.185. The zero-order valence-electron chi connectivity index (χ0n) is 7.40. The van der Waals surface area contributed by atoms with E-state index >= 15 is 0 Å². The summed E-state index contributed by atoms with van der Waals surface area (Å²) in [5, 5.41) is 21.0. The van der Waals surface area contributed by atoms with Crippen LogP contribution < -0.4 is 5.90 Å². The SMILES string of the molecule is NOC(c1ccccc1[N+](=O)[O-])[N+](=O)[O-]. The number of nitro benzene ring substituents is 1.